The van der Waals surface area contributed by atoms with E-state index in [1.807, 2.05) is 4.90 Å². The summed E-state index contributed by atoms with van der Waals surface area (Å²) in [5.41, 5.74) is 0. The molecule has 1 aromatic heterocycles. The van der Waals surface area contributed by atoms with Gasteiger partial charge in [-0.2, -0.15) is 4.31 Å². The van der Waals surface area contributed by atoms with Gasteiger partial charge in [-0.25, -0.2) is 13.4 Å². The summed E-state index contributed by atoms with van der Waals surface area (Å²) in [5, 5.41) is 0.224. The number of hydrogen-bond acceptors (Lipinski definition) is 4. The Kier molecular flexibility index (Phi) is 6.03. The van der Waals surface area contributed by atoms with Crippen molar-refractivity contribution in [3.63, 3.8) is 0 Å². The second kappa shape index (κ2) is 7.90. The van der Waals surface area contributed by atoms with E-state index >= 15 is 0 Å². The lowest BCUT2D eigenvalue weighted by molar-refractivity contribution is -0.137. The Morgan fingerprint density at radius 2 is 1.80 bits per heavy atom. The van der Waals surface area contributed by atoms with Crippen LogP contribution < -0.4 is 0 Å². The molecule has 1 saturated carbocycles. The average molecular weight is 451 g/mol. The third-order valence-electron chi connectivity index (χ3n) is 4.91. The van der Waals surface area contributed by atoms with Crippen LogP contribution in [0.3, 0.4) is 0 Å². The van der Waals surface area contributed by atoms with Gasteiger partial charge in [0.15, 0.2) is 0 Å². The molecular weight excluding hydrogens is 430 g/mol. The number of aromatic nitrogens is 1. The monoisotopic (exact) mass is 449 g/mol. The Morgan fingerprint density at radius 3 is 2.40 bits per heavy atom. The highest BCUT2D eigenvalue weighted by Gasteiger charge is 2.33. The molecule has 9 heteroatoms. The first kappa shape index (κ1) is 19.1. The Hall–Kier alpha value is -0.700. The molecule has 0 aromatic carbocycles. The third-order valence-corrected chi connectivity index (χ3v) is 7.91. The molecule has 1 aliphatic heterocycles. The summed E-state index contributed by atoms with van der Waals surface area (Å²) >= 11 is 9.04. The third kappa shape index (κ3) is 4.18. The Bertz CT molecular complexity index is 745. The van der Waals surface area contributed by atoms with Crippen LogP contribution in [0.2, 0.25) is 5.15 Å². The number of piperazine rings is 1. The summed E-state index contributed by atoms with van der Waals surface area (Å²) < 4.78 is 27.4. The fourth-order valence-electron chi connectivity index (χ4n) is 3.45. The van der Waals surface area contributed by atoms with Crippen molar-refractivity contribution in [3.05, 3.63) is 21.9 Å². The Morgan fingerprint density at radius 1 is 1.16 bits per heavy atom. The fraction of sp³-hybridized carbons (Fsp3) is 0.625. The lowest BCUT2D eigenvalue weighted by Crippen LogP contribution is -2.52. The minimum Gasteiger partial charge on any atom is -0.340 e. The predicted octanol–water partition coefficient (Wildman–Crippen LogP) is 2.91. The van der Waals surface area contributed by atoms with Crippen molar-refractivity contribution in [2.75, 3.05) is 26.2 Å². The summed E-state index contributed by atoms with van der Waals surface area (Å²) in [6, 6.07) is 1.46. The number of amides is 1. The largest absolute Gasteiger partial charge is 0.340 e. The highest BCUT2D eigenvalue weighted by molar-refractivity contribution is 9.10. The molecule has 2 fully saturated rings. The minimum atomic E-state index is -3.63. The first-order valence-corrected chi connectivity index (χ1v) is 11.1. The lowest BCUT2D eigenvalue weighted by Gasteiger charge is -2.36. The normalized spacial score (nSPS) is 20.6. The van der Waals surface area contributed by atoms with Gasteiger partial charge in [0.2, 0.25) is 15.9 Å². The van der Waals surface area contributed by atoms with Crippen molar-refractivity contribution in [3.8, 4) is 0 Å². The number of halogens is 2. The highest BCUT2D eigenvalue weighted by atomic mass is 79.9. The highest BCUT2D eigenvalue weighted by Crippen LogP contribution is 2.27. The molecule has 3 rings (SSSR count). The van der Waals surface area contributed by atoms with Gasteiger partial charge in [0.1, 0.15) is 10.0 Å². The number of rotatable bonds is 3. The lowest BCUT2D eigenvalue weighted by atomic mass is 9.88. The van der Waals surface area contributed by atoms with Gasteiger partial charge < -0.3 is 4.90 Å². The van der Waals surface area contributed by atoms with Gasteiger partial charge in [-0.1, -0.05) is 30.9 Å². The van der Waals surface area contributed by atoms with Crippen LogP contribution in [0, 0.1) is 5.92 Å². The van der Waals surface area contributed by atoms with E-state index in [4.69, 9.17) is 11.6 Å². The van der Waals surface area contributed by atoms with Gasteiger partial charge in [0, 0.05) is 38.3 Å². The zero-order valence-corrected chi connectivity index (χ0v) is 17.0. The molecule has 2 heterocycles. The van der Waals surface area contributed by atoms with E-state index in [1.54, 1.807) is 0 Å². The van der Waals surface area contributed by atoms with Crippen molar-refractivity contribution < 1.29 is 13.2 Å². The zero-order valence-electron chi connectivity index (χ0n) is 13.8. The molecule has 1 saturated heterocycles. The van der Waals surface area contributed by atoms with E-state index in [9.17, 15) is 13.2 Å². The van der Waals surface area contributed by atoms with Crippen LogP contribution in [0.25, 0.3) is 0 Å². The molecule has 6 nitrogen and oxygen atoms in total. The maximum atomic E-state index is 12.7. The SMILES string of the molecule is O=C(C1CCCCC1)N1CCN(S(=O)(=O)c2cnc(Cl)c(Br)c2)CC1. The van der Waals surface area contributed by atoms with Gasteiger partial charge in [-0.05, 0) is 34.8 Å². The summed E-state index contributed by atoms with van der Waals surface area (Å²) in [5.74, 6) is 0.306. The molecule has 0 spiro atoms. The van der Waals surface area contributed by atoms with Crippen LogP contribution in [0.1, 0.15) is 32.1 Å². The molecule has 1 aromatic rings. The fourth-order valence-corrected chi connectivity index (χ4v) is 5.45. The standard InChI is InChI=1S/C16H21BrClN3O3S/c17-14-10-13(11-19-15(14)18)25(23,24)21-8-6-20(7-9-21)16(22)12-4-2-1-3-5-12/h10-12H,1-9H2. The molecule has 0 atom stereocenters. The van der Waals surface area contributed by atoms with Crippen LogP contribution in [0.4, 0.5) is 0 Å². The predicted molar refractivity (Wildman–Crippen MR) is 98.9 cm³/mol. The number of pyridine rings is 1. The van der Waals surface area contributed by atoms with E-state index in [0.29, 0.717) is 30.7 Å². The summed E-state index contributed by atoms with van der Waals surface area (Å²) in [4.78, 5) is 18.4. The van der Waals surface area contributed by atoms with E-state index in [0.717, 1.165) is 25.7 Å². The molecule has 2 aliphatic rings. The van der Waals surface area contributed by atoms with E-state index in [1.165, 1.54) is 23.0 Å². The number of sulfonamides is 1. The van der Waals surface area contributed by atoms with Gasteiger partial charge >= 0.3 is 0 Å². The van der Waals surface area contributed by atoms with E-state index < -0.39 is 10.0 Å². The van der Waals surface area contributed by atoms with Crippen LogP contribution in [0.5, 0.6) is 0 Å². The van der Waals surface area contributed by atoms with Gasteiger partial charge in [0.25, 0.3) is 0 Å². The second-order valence-corrected chi connectivity index (χ2v) is 9.66. The first-order valence-electron chi connectivity index (χ1n) is 8.49. The van der Waals surface area contributed by atoms with Gasteiger partial charge in [-0.15, -0.1) is 0 Å². The molecule has 0 bridgehead atoms. The topological polar surface area (TPSA) is 70.6 Å². The summed E-state index contributed by atoms with van der Waals surface area (Å²) in [6.07, 6.45) is 6.62. The van der Waals surface area contributed by atoms with Crippen LogP contribution in [-0.4, -0.2) is 54.7 Å². The van der Waals surface area contributed by atoms with Gasteiger partial charge in [-0.3, -0.25) is 4.79 Å². The van der Waals surface area contributed by atoms with Crippen molar-refractivity contribution in [1.29, 1.82) is 0 Å². The van der Waals surface area contributed by atoms with Crippen molar-refractivity contribution in [2.24, 2.45) is 5.92 Å². The van der Waals surface area contributed by atoms with Crippen LogP contribution >= 0.6 is 27.5 Å². The average Bonchev–Trinajstić information content (AvgIpc) is 2.64. The smallest absolute Gasteiger partial charge is 0.244 e. The van der Waals surface area contributed by atoms with Crippen molar-refractivity contribution in [2.45, 2.75) is 37.0 Å². The van der Waals surface area contributed by atoms with Crippen LogP contribution in [-0.2, 0) is 14.8 Å². The molecule has 1 aliphatic carbocycles. The number of carbonyl (C=O) groups is 1. The molecule has 0 N–H and O–H groups in total. The van der Waals surface area contributed by atoms with Crippen molar-refractivity contribution >= 4 is 43.5 Å². The molecule has 1 amide bonds. The first-order chi connectivity index (χ1) is 11.9. The summed E-state index contributed by atoms with van der Waals surface area (Å²) in [7, 11) is -3.63. The van der Waals surface area contributed by atoms with E-state index in [2.05, 4.69) is 20.9 Å². The maximum absolute atomic E-state index is 12.7. The Balaban J connectivity index is 1.64. The van der Waals surface area contributed by atoms with E-state index in [-0.39, 0.29) is 21.9 Å². The molecule has 138 valence electrons. The Labute approximate surface area is 161 Å². The quantitative estimate of drug-likeness (QED) is 0.664. The van der Waals surface area contributed by atoms with Crippen LogP contribution in [0.15, 0.2) is 21.6 Å². The zero-order chi connectivity index (χ0) is 18.0. The summed E-state index contributed by atoms with van der Waals surface area (Å²) in [6.45, 7) is 1.50. The number of hydrogen-bond donors (Lipinski definition) is 0. The second-order valence-electron chi connectivity index (χ2n) is 6.51. The number of carbonyl (C=O) groups excluding carboxylic acids is 1. The molecule has 0 unspecified atom stereocenters. The molecule has 0 radical (unpaired) electrons. The van der Waals surface area contributed by atoms with Gasteiger partial charge in [0.05, 0.1) is 4.47 Å². The minimum absolute atomic E-state index is 0.107. The number of nitrogens with zero attached hydrogens (tertiary/aromatic N) is 3. The maximum Gasteiger partial charge on any atom is 0.244 e. The molecule has 25 heavy (non-hydrogen) atoms. The molecular formula is C16H21BrClN3O3S. The van der Waals surface area contributed by atoms with Crippen molar-refractivity contribution in [1.82, 2.24) is 14.2 Å².